The molecule has 0 saturated carbocycles. The van der Waals surface area contributed by atoms with E-state index in [4.69, 9.17) is 0 Å². The van der Waals surface area contributed by atoms with Gasteiger partial charge in [0.2, 0.25) is 0 Å². The molecule has 1 atom stereocenters. The molecular formula is C18H16BrFN4. The molecule has 1 aliphatic rings. The number of anilines is 1. The van der Waals surface area contributed by atoms with E-state index in [1.54, 1.807) is 10.7 Å². The Morgan fingerprint density at radius 2 is 1.96 bits per heavy atom. The molecule has 6 heteroatoms. The van der Waals surface area contributed by atoms with E-state index in [0.717, 1.165) is 27.2 Å². The van der Waals surface area contributed by atoms with Gasteiger partial charge in [0.1, 0.15) is 12.0 Å². The van der Waals surface area contributed by atoms with Crippen molar-refractivity contribution in [1.29, 1.82) is 0 Å². The summed E-state index contributed by atoms with van der Waals surface area (Å²) >= 11 is 3.43. The monoisotopic (exact) mass is 386 g/mol. The Morgan fingerprint density at radius 1 is 1.12 bits per heavy atom. The van der Waals surface area contributed by atoms with Crippen molar-refractivity contribution < 1.29 is 4.39 Å². The summed E-state index contributed by atoms with van der Waals surface area (Å²) in [7, 11) is 0. The third kappa shape index (κ3) is 3.06. The third-order valence-electron chi connectivity index (χ3n) is 4.15. The Balaban J connectivity index is 1.64. The fourth-order valence-corrected chi connectivity index (χ4v) is 3.11. The van der Waals surface area contributed by atoms with E-state index in [0.29, 0.717) is 19.5 Å². The molecule has 1 fully saturated rings. The minimum atomic E-state index is -0.762. The lowest BCUT2D eigenvalue weighted by molar-refractivity contribution is 0.364. The Hall–Kier alpha value is -2.21. The number of halogens is 2. The molecular weight excluding hydrogens is 371 g/mol. The molecule has 0 bridgehead atoms. The van der Waals surface area contributed by atoms with Gasteiger partial charge in [-0.05, 0) is 42.3 Å². The van der Waals surface area contributed by atoms with Crippen LogP contribution in [0.25, 0.3) is 17.8 Å². The lowest BCUT2D eigenvalue weighted by Crippen LogP contribution is -2.21. The summed E-state index contributed by atoms with van der Waals surface area (Å²) in [6.45, 7) is 1.12. The molecule has 3 aromatic rings. The average molecular weight is 387 g/mol. The molecule has 0 N–H and O–H groups in total. The van der Waals surface area contributed by atoms with Crippen molar-refractivity contribution in [2.24, 2.45) is 0 Å². The molecule has 0 aliphatic carbocycles. The number of fused-ring (bicyclic) bond motifs is 1. The number of imidazole rings is 1. The van der Waals surface area contributed by atoms with Gasteiger partial charge in [0.05, 0.1) is 18.4 Å². The lowest BCUT2D eigenvalue weighted by atomic mass is 10.2. The summed E-state index contributed by atoms with van der Waals surface area (Å²) in [6, 6.07) is 11.9. The van der Waals surface area contributed by atoms with E-state index in [1.807, 2.05) is 53.5 Å². The molecule has 24 heavy (non-hydrogen) atoms. The smallest absolute Gasteiger partial charge is 0.154 e. The standard InChI is InChI=1S/C18H16BrFN4/c19-14-4-1-13(2-5-14)3-6-16-11-21-17-7-8-18(22-24(16)17)23-10-9-15(20)12-23/h1-8,11,15H,9-10,12H2/b6-3+. The molecule has 122 valence electrons. The van der Waals surface area contributed by atoms with E-state index >= 15 is 0 Å². The highest BCUT2D eigenvalue weighted by Gasteiger charge is 2.23. The van der Waals surface area contributed by atoms with E-state index in [1.165, 1.54) is 0 Å². The van der Waals surface area contributed by atoms with Gasteiger partial charge in [0.15, 0.2) is 5.65 Å². The number of nitrogens with zero attached hydrogens (tertiary/aromatic N) is 4. The number of rotatable bonds is 3. The first-order valence-corrected chi connectivity index (χ1v) is 8.66. The maximum atomic E-state index is 13.4. The number of alkyl halides is 1. The fraction of sp³-hybridized carbons (Fsp3) is 0.222. The molecule has 2 aromatic heterocycles. The summed E-state index contributed by atoms with van der Waals surface area (Å²) in [5.41, 5.74) is 2.78. The molecule has 0 spiro atoms. The molecule has 1 aromatic carbocycles. The summed E-state index contributed by atoms with van der Waals surface area (Å²) in [5, 5.41) is 4.63. The highest BCUT2D eigenvalue weighted by molar-refractivity contribution is 9.10. The third-order valence-corrected chi connectivity index (χ3v) is 4.67. The van der Waals surface area contributed by atoms with Crippen LogP contribution in [0.5, 0.6) is 0 Å². The van der Waals surface area contributed by atoms with Crippen molar-refractivity contribution in [2.75, 3.05) is 18.0 Å². The SMILES string of the molecule is FC1CCN(c2ccc3ncc(/C=C/c4ccc(Br)cc4)n3n2)C1. The second kappa shape index (κ2) is 6.36. The highest BCUT2D eigenvalue weighted by Crippen LogP contribution is 2.21. The van der Waals surface area contributed by atoms with Crippen molar-refractivity contribution in [3.8, 4) is 0 Å². The molecule has 0 radical (unpaired) electrons. The number of aromatic nitrogens is 3. The second-order valence-corrected chi connectivity index (χ2v) is 6.78. The van der Waals surface area contributed by atoms with Crippen molar-refractivity contribution in [3.63, 3.8) is 0 Å². The quantitative estimate of drug-likeness (QED) is 0.675. The molecule has 1 unspecified atom stereocenters. The van der Waals surface area contributed by atoms with Gasteiger partial charge in [-0.15, -0.1) is 5.10 Å². The lowest BCUT2D eigenvalue weighted by Gasteiger charge is -2.15. The molecule has 1 aliphatic heterocycles. The Morgan fingerprint density at radius 3 is 2.71 bits per heavy atom. The van der Waals surface area contributed by atoms with Gasteiger partial charge < -0.3 is 4.90 Å². The molecule has 3 heterocycles. The molecule has 0 amide bonds. The zero-order valence-corrected chi connectivity index (χ0v) is 14.5. The largest absolute Gasteiger partial charge is 0.352 e. The van der Waals surface area contributed by atoms with Crippen LogP contribution in [0.1, 0.15) is 17.7 Å². The fourth-order valence-electron chi connectivity index (χ4n) is 2.84. The van der Waals surface area contributed by atoms with Gasteiger partial charge in [0.25, 0.3) is 0 Å². The number of hydrogen-bond acceptors (Lipinski definition) is 3. The second-order valence-electron chi connectivity index (χ2n) is 5.86. The van der Waals surface area contributed by atoms with Crippen LogP contribution >= 0.6 is 15.9 Å². The van der Waals surface area contributed by atoms with Gasteiger partial charge >= 0.3 is 0 Å². The van der Waals surface area contributed by atoms with Crippen molar-refractivity contribution in [3.05, 3.63) is 58.3 Å². The maximum absolute atomic E-state index is 13.4. The number of hydrogen-bond donors (Lipinski definition) is 0. The summed E-state index contributed by atoms with van der Waals surface area (Å²) in [6.07, 6.45) is 5.62. The zero-order chi connectivity index (χ0) is 16.5. The first kappa shape index (κ1) is 15.3. The molecule has 4 nitrogen and oxygen atoms in total. The van der Waals surface area contributed by atoms with Crippen LogP contribution in [0.15, 0.2) is 47.1 Å². The van der Waals surface area contributed by atoms with Crippen LogP contribution in [-0.4, -0.2) is 33.9 Å². The minimum absolute atomic E-state index is 0.414. The van der Waals surface area contributed by atoms with Gasteiger partial charge in [-0.2, -0.15) is 0 Å². The van der Waals surface area contributed by atoms with Gasteiger partial charge in [0, 0.05) is 11.0 Å². The Bertz CT molecular complexity index is 888. The normalized spacial score (nSPS) is 18.1. The van der Waals surface area contributed by atoms with Gasteiger partial charge in [-0.25, -0.2) is 13.9 Å². The summed E-state index contributed by atoms with van der Waals surface area (Å²) < 4.78 is 16.3. The maximum Gasteiger partial charge on any atom is 0.154 e. The van der Waals surface area contributed by atoms with Crippen LogP contribution in [0.2, 0.25) is 0 Å². The predicted octanol–water partition coefficient (Wildman–Crippen LogP) is 4.21. The van der Waals surface area contributed by atoms with Crippen LogP contribution in [-0.2, 0) is 0 Å². The molecule has 1 saturated heterocycles. The Kier molecular flexibility index (Phi) is 4.06. The summed E-state index contributed by atoms with van der Waals surface area (Å²) in [5.74, 6) is 0.791. The minimum Gasteiger partial charge on any atom is -0.352 e. The topological polar surface area (TPSA) is 33.4 Å². The van der Waals surface area contributed by atoms with Crippen LogP contribution in [0.3, 0.4) is 0 Å². The highest BCUT2D eigenvalue weighted by atomic mass is 79.9. The van der Waals surface area contributed by atoms with Crippen LogP contribution < -0.4 is 4.90 Å². The van der Waals surface area contributed by atoms with E-state index < -0.39 is 6.17 Å². The van der Waals surface area contributed by atoms with Crippen molar-refractivity contribution >= 4 is 39.5 Å². The van der Waals surface area contributed by atoms with E-state index in [9.17, 15) is 4.39 Å². The van der Waals surface area contributed by atoms with Crippen molar-refractivity contribution in [1.82, 2.24) is 14.6 Å². The van der Waals surface area contributed by atoms with Gasteiger partial charge in [-0.1, -0.05) is 34.1 Å². The number of benzene rings is 1. The van der Waals surface area contributed by atoms with E-state index in [2.05, 4.69) is 26.0 Å². The zero-order valence-electron chi connectivity index (χ0n) is 12.9. The van der Waals surface area contributed by atoms with Crippen LogP contribution in [0, 0.1) is 0 Å². The Labute approximate surface area is 147 Å². The summed E-state index contributed by atoms with van der Waals surface area (Å²) in [4.78, 5) is 6.36. The van der Waals surface area contributed by atoms with E-state index in [-0.39, 0.29) is 0 Å². The van der Waals surface area contributed by atoms with Crippen LogP contribution in [0.4, 0.5) is 10.2 Å². The van der Waals surface area contributed by atoms with Crippen molar-refractivity contribution in [2.45, 2.75) is 12.6 Å². The average Bonchev–Trinajstić information content (AvgIpc) is 3.20. The first-order chi connectivity index (χ1) is 11.7. The first-order valence-electron chi connectivity index (χ1n) is 7.86. The predicted molar refractivity (Wildman–Crippen MR) is 97.8 cm³/mol. The molecule has 4 rings (SSSR count). The van der Waals surface area contributed by atoms with Gasteiger partial charge in [-0.3, -0.25) is 0 Å².